The van der Waals surface area contributed by atoms with Crippen LogP contribution in [-0.2, 0) is 14.9 Å². The Morgan fingerprint density at radius 3 is 2.42 bits per heavy atom. The number of nitrogens with zero attached hydrogens (tertiary/aromatic N) is 3. The second kappa shape index (κ2) is 11.1. The zero-order chi connectivity index (χ0) is 28.5. The number of methoxy groups -OCH3 is 1. The number of rotatable bonds is 7. The van der Waals surface area contributed by atoms with Gasteiger partial charge < -0.3 is 14.4 Å². The molecule has 0 saturated carbocycles. The van der Waals surface area contributed by atoms with Crippen LogP contribution in [0.25, 0.3) is 0 Å². The van der Waals surface area contributed by atoms with E-state index in [4.69, 9.17) is 9.47 Å². The largest absolute Gasteiger partial charge is 0.496 e. The number of hydrogen-bond donors (Lipinski definition) is 0. The number of benzene rings is 1. The summed E-state index contributed by atoms with van der Waals surface area (Å²) in [5.74, 6) is -0.289. The molecule has 2 aromatic rings. The normalized spacial score (nSPS) is 21.9. The number of hydrogen-bond acceptors (Lipinski definition) is 7. The quantitative estimate of drug-likeness (QED) is 0.364. The number of aromatic nitrogens is 1. The molecule has 0 bridgehead atoms. The lowest BCUT2D eigenvalue weighted by molar-refractivity contribution is -0.168. The summed E-state index contributed by atoms with van der Waals surface area (Å²) in [4.78, 5) is 34.9. The number of thiazole rings is 1. The third kappa shape index (κ3) is 6.04. The van der Waals surface area contributed by atoms with E-state index in [1.54, 1.807) is 30.3 Å². The molecule has 1 fully saturated rings. The predicted molar refractivity (Wildman–Crippen MR) is 149 cm³/mol. The van der Waals surface area contributed by atoms with Gasteiger partial charge in [0.15, 0.2) is 0 Å². The number of ether oxygens (including phenoxy) is 2. The lowest BCUT2D eigenvalue weighted by Crippen LogP contribution is -2.56. The molecular formula is C30H41N3O4S. The van der Waals surface area contributed by atoms with Crippen molar-refractivity contribution >= 4 is 23.2 Å². The fraction of sp³-hybridized carbons (Fsp3) is 0.600. The van der Waals surface area contributed by atoms with Crippen LogP contribution < -0.4 is 4.74 Å². The average molecular weight is 540 g/mol. The van der Waals surface area contributed by atoms with E-state index in [1.807, 2.05) is 46.1 Å². The molecule has 38 heavy (non-hydrogen) atoms. The summed E-state index contributed by atoms with van der Waals surface area (Å²) in [6.45, 7) is 15.8. The number of likely N-dealkylation sites (tertiary alicyclic amines) is 1. The highest BCUT2D eigenvalue weighted by Gasteiger charge is 2.60. The number of carbonyl (C=O) groups is 2. The average Bonchev–Trinajstić information content (AvgIpc) is 3.43. The molecule has 1 aromatic carbocycles. The van der Waals surface area contributed by atoms with Crippen LogP contribution in [0.2, 0.25) is 0 Å². The summed E-state index contributed by atoms with van der Waals surface area (Å²) in [5, 5.41) is 12.3. The maximum absolute atomic E-state index is 14.6. The van der Waals surface area contributed by atoms with Crippen molar-refractivity contribution in [2.45, 2.75) is 97.2 Å². The molecule has 3 atom stereocenters. The monoisotopic (exact) mass is 539 g/mol. The topological polar surface area (TPSA) is 92.5 Å². The van der Waals surface area contributed by atoms with Gasteiger partial charge in [-0.15, -0.1) is 11.3 Å². The van der Waals surface area contributed by atoms with Gasteiger partial charge in [-0.2, -0.15) is 5.26 Å². The van der Waals surface area contributed by atoms with Crippen molar-refractivity contribution in [3.8, 4) is 11.8 Å². The summed E-state index contributed by atoms with van der Waals surface area (Å²) >= 11 is 1.43. The van der Waals surface area contributed by atoms with Gasteiger partial charge in [-0.25, -0.2) is 9.78 Å². The molecular weight excluding hydrogens is 498 g/mol. The van der Waals surface area contributed by atoms with Gasteiger partial charge in [-0.3, -0.25) is 4.79 Å². The minimum absolute atomic E-state index is 0.0911. The third-order valence-electron chi connectivity index (χ3n) is 6.84. The number of carbonyl (C=O) groups excluding carboxylic acids is 2. The first-order valence-corrected chi connectivity index (χ1v) is 14.0. The SMILES string of the molecule is COc1cc(C(=O)N2[C@@H](c3nccs3)[C@H](CC#N)C[C@@]2(CC(C)C)C(=O)OC(C)(C)C)ccc1C(C)(C)C. The number of amides is 1. The summed E-state index contributed by atoms with van der Waals surface area (Å²) in [7, 11) is 1.60. The van der Waals surface area contributed by atoms with E-state index in [0.29, 0.717) is 29.2 Å². The Morgan fingerprint density at radius 2 is 1.92 bits per heavy atom. The zero-order valence-electron chi connectivity index (χ0n) is 24.1. The molecule has 1 aliphatic rings. The van der Waals surface area contributed by atoms with E-state index in [9.17, 15) is 14.9 Å². The number of nitriles is 1. The molecule has 0 aliphatic carbocycles. The van der Waals surface area contributed by atoms with Gasteiger partial charge in [0.25, 0.3) is 5.91 Å². The maximum atomic E-state index is 14.6. The van der Waals surface area contributed by atoms with Crippen LogP contribution >= 0.6 is 11.3 Å². The number of esters is 1. The molecule has 7 nitrogen and oxygen atoms in total. The molecule has 3 rings (SSSR count). The van der Waals surface area contributed by atoms with Crippen LogP contribution in [0.1, 0.15) is 102 Å². The van der Waals surface area contributed by atoms with Crippen molar-refractivity contribution in [2.75, 3.05) is 7.11 Å². The van der Waals surface area contributed by atoms with Crippen molar-refractivity contribution < 1.29 is 19.1 Å². The van der Waals surface area contributed by atoms with Gasteiger partial charge >= 0.3 is 5.97 Å². The van der Waals surface area contributed by atoms with Gasteiger partial charge in [0.1, 0.15) is 21.9 Å². The van der Waals surface area contributed by atoms with E-state index in [0.717, 1.165) is 5.56 Å². The van der Waals surface area contributed by atoms with E-state index in [2.05, 4.69) is 31.8 Å². The van der Waals surface area contributed by atoms with Crippen LogP contribution in [0.3, 0.4) is 0 Å². The van der Waals surface area contributed by atoms with Crippen LogP contribution in [-0.4, -0.2) is 40.0 Å². The molecule has 0 radical (unpaired) electrons. The van der Waals surface area contributed by atoms with E-state index < -0.39 is 23.2 Å². The maximum Gasteiger partial charge on any atom is 0.332 e. The smallest absolute Gasteiger partial charge is 0.332 e. The fourth-order valence-electron chi connectivity index (χ4n) is 5.51. The summed E-state index contributed by atoms with van der Waals surface area (Å²) < 4.78 is 11.7. The highest BCUT2D eigenvalue weighted by molar-refractivity contribution is 7.09. The zero-order valence-corrected chi connectivity index (χ0v) is 24.9. The van der Waals surface area contributed by atoms with Gasteiger partial charge in [-0.1, -0.05) is 40.7 Å². The second-order valence-corrected chi connectivity index (χ2v) is 13.5. The molecule has 0 N–H and O–H groups in total. The Kier molecular flexibility index (Phi) is 8.62. The summed E-state index contributed by atoms with van der Waals surface area (Å²) in [6, 6.07) is 7.24. The van der Waals surface area contributed by atoms with Crippen molar-refractivity contribution in [3.63, 3.8) is 0 Å². The van der Waals surface area contributed by atoms with Gasteiger partial charge in [0.2, 0.25) is 0 Å². The molecule has 1 saturated heterocycles. The summed E-state index contributed by atoms with van der Waals surface area (Å²) in [5.41, 5.74) is -0.758. The molecule has 2 heterocycles. The standard InChI is InChI=1S/C30H41N3O4S/c1-19(2)17-30(27(35)37-29(6,7)8)18-21(12-13-31)24(25-32-14-15-38-25)33(30)26(34)20-10-11-22(28(3,4)5)23(16-20)36-9/h10-11,14-16,19,21,24H,12,17-18H2,1-9H3/t21-,24-,30+/m1/s1. The minimum Gasteiger partial charge on any atom is -0.496 e. The molecule has 8 heteroatoms. The Bertz CT molecular complexity index is 1190. The minimum atomic E-state index is -1.24. The van der Waals surface area contributed by atoms with Gasteiger partial charge in [0, 0.05) is 29.5 Å². The van der Waals surface area contributed by atoms with E-state index in [1.165, 1.54) is 11.3 Å². The van der Waals surface area contributed by atoms with Crippen molar-refractivity contribution in [2.24, 2.45) is 11.8 Å². The van der Waals surface area contributed by atoms with Crippen LogP contribution in [0.5, 0.6) is 5.75 Å². The predicted octanol–water partition coefficient (Wildman–Crippen LogP) is 6.69. The van der Waals surface area contributed by atoms with E-state index in [-0.39, 0.29) is 29.6 Å². The highest BCUT2D eigenvalue weighted by Crippen LogP contribution is 2.52. The first-order chi connectivity index (χ1) is 17.6. The fourth-order valence-corrected chi connectivity index (χ4v) is 6.33. The molecule has 1 amide bonds. The molecule has 0 spiro atoms. The van der Waals surface area contributed by atoms with Gasteiger partial charge in [0.05, 0.1) is 19.2 Å². The Labute approximate surface area is 231 Å². The summed E-state index contributed by atoms with van der Waals surface area (Å²) in [6.07, 6.45) is 2.64. The van der Waals surface area contributed by atoms with E-state index >= 15 is 0 Å². The molecule has 1 aliphatic heterocycles. The van der Waals surface area contributed by atoms with Crippen LogP contribution in [0, 0.1) is 23.2 Å². The lowest BCUT2D eigenvalue weighted by Gasteiger charge is -2.41. The molecule has 206 valence electrons. The first-order valence-electron chi connectivity index (χ1n) is 13.2. The second-order valence-electron chi connectivity index (χ2n) is 12.6. The van der Waals surface area contributed by atoms with Crippen molar-refractivity contribution in [1.29, 1.82) is 5.26 Å². The van der Waals surface area contributed by atoms with Crippen molar-refractivity contribution in [3.05, 3.63) is 45.9 Å². The molecule has 0 unspecified atom stereocenters. The van der Waals surface area contributed by atoms with Crippen molar-refractivity contribution in [1.82, 2.24) is 9.88 Å². The Hall–Kier alpha value is -2.92. The highest BCUT2D eigenvalue weighted by atomic mass is 32.1. The Morgan fingerprint density at radius 1 is 1.24 bits per heavy atom. The lowest BCUT2D eigenvalue weighted by atomic mass is 9.82. The third-order valence-corrected chi connectivity index (χ3v) is 7.69. The van der Waals surface area contributed by atoms with Crippen LogP contribution in [0.15, 0.2) is 29.8 Å². The first kappa shape index (κ1) is 29.6. The van der Waals surface area contributed by atoms with Crippen LogP contribution in [0.4, 0.5) is 0 Å². The molecule has 1 aromatic heterocycles. The Balaban J connectivity index is 2.26. The van der Waals surface area contributed by atoms with Gasteiger partial charge in [-0.05, 0) is 62.6 Å².